The molecule has 2 rings (SSSR count). The Balaban J connectivity index is 2.21. The van der Waals surface area contributed by atoms with Gasteiger partial charge in [0.2, 0.25) is 0 Å². The SMILES string of the molecule is CC(C)(C)C(NC(=O)O)C(=O)c1ccc(B2OC(C)(C)C(C)(C)O2)cc1. The predicted molar refractivity (Wildman–Crippen MR) is 101 cm³/mol. The summed E-state index contributed by atoms with van der Waals surface area (Å²) in [6, 6.07) is 6.12. The van der Waals surface area contributed by atoms with Crippen molar-refractivity contribution < 1.29 is 24.0 Å². The molecule has 0 radical (unpaired) electrons. The molecule has 0 spiro atoms. The highest BCUT2D eigenvalue weighted by Crippen LogP contribution is 2.36. The van der Waals surface area contributed by atoms with Gasteiger partial charge in [-0.15, -0.1) is 0 Å². The number of hydrogen-bond acceptors (Lipinski definition) is 4. The second-order valence-electron chi connectivity index (χ2n) is 8.82. The third-order valence-electron chi connectivity index (χ3n) is 5.12. The summed E-state index contributed by atoms with van der Waals surface area (Å²) in [5, 5.41) is 11.4. The first-order valence-electron chi connectivity index (χ1n) is 8.74. The van der Waals surface area contributed by atoms with E-state index in [1.807, 2.05) is 48.5 Å². The summed E-state index contributed by atoms with van der Waals surface area (Å²) in [6.45, 7) is 13.4. The zero-order valence-electron chi connectivity index (χ0n) is 16.5. The molecule has 1 unspecified atom stereocenters. The van der Waals surface area contributed by atoms with Crippen molar-refractivity contribution in [1.29, 1.82) is 0 Å². The van der Waals surface area contributed by atoms with Crippen molar-refractivity contribution in [3.63, 3.8) is 0 Å². The van der Waals surface area contributed by atoms with E-state index in [0.29, 0.717) is 5.56 Å². The Morgan fingerprint density at radius 3 is 1.88 bits per heavy atom. The van der Waals surface area contributed by atoms with E-state index in [1.165, 1.54) is 0 Å². The van der Waals surface area contributed by atoms with Gasteiger partial charge in [0, 0.05) is 5.56 Å². The van der Waals surface area contributed by atoms with Crippen molar-refractivity contribution in [3.05, 3.63) is 29.8 Å². The maximum Gasteiger partial charge on any atom is 0.494 e. The lowest BCUT2D eigenvalue weighted by molar-refractivity contribution is 0.00578. The van der Waals surface area contributed by atoms with E-state index in [-0.39, 0.29) is 5.78 Å². The summed E-state index contributed by atoms with van der Waals surface area (Å²) in [5.74, 6) is -0.264. The number of hydrogen-bond donors (Lipinski definition) is 2. The molecular formula is C19H28BNO5. The summed E-state index contributed by atoms with van der Waals surface area (Å²) in [6.07, 6.45) is -1.22. The van der Waals surface area contributed by atoms with Crippen LogP contribution < -0.4 is 10.8 Å². The highest BCUT2D eigenvalue weighted by molar-refractivity contribution is 6.62. The van der Waals surface area contributed by atoms with Gasteiger partial charge in [0.05, 0.1) is 11.2 Å². The Bertz CT molecular complexity index is 675. The molecule has 1 atom stereocenters. The molecule has 1 aliphatic heterocycles. The number of ketones is 1. The first-order valence-corrected chi connectivity index (χ1v) is 8.74. The predicted octanol–water partition coefficient (Wildman–Crippen LogP) is 2.85. The summed E-state index contributed by atoms with van der Waals surface area (Å²) < 4.78 is 12.0. The minimum atomic E-state index is -1.22. The summed E-state index contributed by atoms with van der Waals surface area (Å²) >= 11 is 0. The van der Waals surface area contributed by atoms with Crippen LogP contribution in [0.2, 0.25) is 0 Å². The van der Waals surface area contributed by atoms with Crippen molar-refractivity contribution in [3.8, 4) is 0 Å². The van der Waals surface area contributed by atoms with Crippen LogP contribution in [0, 0.1) is 5.41 Å². The fraction of sp³-hybridized carbons (Fsp3) is 0.579. The molecule has 0 bridgehead atoms. The third kappa shape index (κ3) is 4.10. The Kier molecular flexibility index (Phi) is 5.28. The first-order chi connectivity index (χ1) is 11.7. The molecule has 1 fully saturated rings. The monoisotopic (exact) mass is 361 g/mol. The van der Waals surface area contributed by atoms with E-state index in [0.717, 1.165) is 5.46 Å². The molecule has 1 aromatic rings. The molecule has 6 nitrogen and oxygen atoms in total. The fourth-order valence-electron chi connectivity index (χ4n) is 2.75. The summed E-state index contributed by atoms with van der Waals surface area (Å²) in [5.41, 5.74) is -0.151. The van der Waals surface area contributed by atoms with Gasteiger partial charge >= 0.3 is 13.2 Å². The minimum absolute atomic E-state index is 0.264. The van der Waals surface area contributed by atoms with Crippen LogP contribution in [0.3, 0.4) is 0 Å². The average Bonchev–Trinajstić information content (AvgIpc) is 2.71. The summed E-state index contributed by atoms with van der Waals surface area (Å²) in [7, 11) is -0.500. The molecule has 1 heterocycles. The number of nitrogens with one attached hydrogen (secondary N) is 1. The Morgan fingerprint density at radius 1 is 1.04 bits per heavy atom. The van der Waals surface area contributed by atoms with Crippen molar-refractivity contribution >= 4 is 24.5 Å². The molecule has 142 valence electrons. The molecule has 0 aliphatic carbocycles. The number of carbonyl (C=O) groups excluding carboxylic acids is 1. The lowest BCUT2D eigenvalue weighted by Gasteiger charge is -2.32. The van der Waals surface area contributed by atoms with E-state index < -0.39 is 35.9 Å². The van der Waals surface area contributed by atoms with E-state index in [9.17, 15) is 9.59 Å². The molecule has 2 N–H and O–H groups in total. The lowest BCUT2D eigenvalue weighted by atomic mass is 9.77. The minimum Gasteiger partial charge on any atom is -0.465 e. The first kappa shape index (κ1) is 20.5. The summed E-state index contributed by atoms with van der Waals surface area (Å²) in [4.78, 5) is 23.8. The van der Waals surface area contributed by atoms with Gasteiger partial charge in [0.25, 0.3) is 0 Å². The quantitative estimate of drug-likeness (QED) is 0.636. The van der Waals surface area contributed by atoms with Crippen LogP contribution in [0.25, 0.3) is 0 Å². The Labute approximate surface area is 155 Å². The molecule has 0 aromatic heterocycles. The van der Waals surface area contributed by atoms with Crippen LogP contribution in [-0.4, -0.2) is 41.3 Å². The maximum atomic E-state index is 12.8. The number of carbonyl (C=O) groups is 2. The van der Waals surface area contributed by atoms with Crippen LogP contribution in [0.1, 0.15) is 58.8 Å². The molecule has 0 saturated carbocycles. The van der Waals surface area contributed by atoms with Gasteiger partial charge in [0.15, 0.2) is 5.78 Å². The third-order valence-corrected chi connectivity index (χ3v) is 5.12. The highest BCUT2D eigenvalue weighted by atomic mass is 16.7. The van der Waals surface area contributed by atoms with Crippen molar-refractivity contribution in [1.82, 2.24) is 5.32 Å². The van der Waals surface area contributed by atoms with Gasteiger partial charge in [-0.1, -0.05) is 45.0 Å². The van der Waals surface area contributed by atoms with Crippen molar-refractivity contribution in [2.75, 3.05) is 0 Å². The van der Waals surface area contributed by atoms with Crippen LogP contribution in [0.4, 0.5) is 4.79 Å². The number of Topliss-reactive ketones (excluding diaryl/α,β-unsaturated/α-hetero) is 1. The second-order valence-corrected chi connectivity index (χ2v) is 8.82. The van der Waals surface area contributed by atoms with Gasteiger partial charge in [0.1, 0.15) is 6.04 Å². The highest BCUT2D eigenvalue weighted by Gasteiger charge is 2.51. The normalized spacial score (nSPS) is 19.9. The zero-order chi connectivity index (χ0) is 19.9. The molecule has 1 aromatic carbocycles. The van der Waals surface area contributed by atoms with Crippen molar-refractivity contribution in [2.45, 2.75) is 65.7 Å². The largest absolute Gasteiger partial charge is 0.494 e. The smallest absolute Gasteiger partial charge is 0.465 e. The van der Waals surface area contributed by atoms with Crippen LogP contribution in [-0.2, 0) is 9.31 Å². The van der Waals surface area contributed by atoms with Gasteiger partial charge in [-0.2, -0.15) is 0 Å². The van der Waals surface area contributed by atoms with Gasteiger partial charge in [-0.3, -0.25) is 4.79 Å². The average molecular weight is 361 g/mol. The molecule has 1 aliphatic rings. The van der Waals surface area contributed by atoms with E-state index in [1.54, 1.807) is 24.3 Å². The van der Waals surface area contributed by atoms with Crippen molar-refractivity contribution in [2.24, 2.45) is 5.41 Å². The fourth-order valence-corrected chi connectivity index (χ4v) is 2.75. The van der Waals surface area contributed by atoms with Gasteiger partial charge in [-0.25, -0.2) is 4.79 Å². The Morgan fingerprint density at radius 2 is 1.50 bits per heavy atom. The Hall–Kier alpha value is -1.86. The zero-order valence-corrected chi connectivity index (χ0v) is 16.5. The molecular weight excluding hydrogens is 333 g/mol. The van der Waals surface area contributed by atoms with Crippen LogP contribution in [0.5, 0.6) is 0 Å². The number of amides is 1. The molecule has 7 heteroatoms. The number of benzene rings is 1. The van der Waals surface area contributed by atoms with E-state index >= 15 is 0 Å². The number of rotatable bonds is 4. The van der Waals surface area contributed by atoms with Gasteiger partial charge in [-0.05, 0) is 38.6 Å². The van der Waals surface area contributed by atoms with Gasteiger partial charge < -0.3 is 19.7 Å². The maximum absolute atomic E-state index is 12.8. The topological polar surface area (TPSA) is 84.9 Å². The molecule has 1 saturated heterocycles. The lowest BCUT2D eigenvalue weighted by Crippen LogP contribution is -2.48. The standard InChI is InChI=1S/C19H28BNO5/c1-17(2,3)15(21-16(23)24)14(22)12-8-10-13(11-9-12)20-25-18(4,5)19(6,7)26-20/h8-11,15,21H,1-7H3,(H,23,24). The second kappa shape index (κ2) is 6.70. The molecule has 26 heavy (non-hydrogen) atoms. The molecule has 1 amide bonds. The number of carboxylic acid groups (broad SMARTS) is 1. The van der Waals surface area contributed by atoms with E-state index in [4.69, 9.17) is 14.4 Å². The van der Waals surface area contributed by atoms with E-state index in [2.05, 4.69) is 5.32 Å². The van der Waals surface area contributed by atoms with Crippen LogP contribution in [0.15, 0.2) is 24.3 Å². The van der Waals surface area contributed by atoms with Crippen LogP contribution >= 0.6 is 0 Å².